The number of primary sulfonamides is 1. The van der Waals surface area contributed by atoms with Crippen LogP contribution in [0.2, 0.25) is 5.02 Å². The second-order valence-electron chi connectivity index (χ2n) is 6.31. The maximum Gasteiger partial charge on any atom is 2.00 e. The Kier molecular flexibility index (Phi) is 8.93. The molecule has 170 valence electrons. The molecule has 14 heteroatoms. The van der Waals surface area contributed by atoms with Crippen LogP contribution in [0.15, 0.2) is 53.4 Å². The van der Waals surface area contributed by atoms with Crippen molar-refractivity contribution in [3.63, 3.8) is 0 Å². The number of nitrogens with two attached hydrogens (primary N) is 1. The van der Waals surface area contributed by atoms with Gasteiger partial charge in [-0.05, 0) is 70.7 Å². The van der Waals surface area contributed by atoms with Crippen LogP contribution in [-0.4, -0.2) is 19.6 Å². The summed E-state index contributed by atoms with van der Waals surface area (Å²) in [7, 11) is -3.96. The van der Waals surface area contributed by atoms with Gasteiger partial charge in [0.25, 0.3) is 0 Å². The first kappa shape index (κ1) is 27.1. The van der Waals surface area contributed by atoms with Crippen LogP contribution in [0.1, 0.15) is 5.56 Å². The summed E-state index contributed by atoms with van der Waals surface area (Å²) in [6.45, 7) is 0. The summed E-state index contributed by atoms with van der Waals surface area (Å²) in [5.41, 5.74) is -1.67. The van der Waals surface area contributed by atoms with E-state index in [0.717, 1.165) is 21.8 Å². The van der Waals surface area contributed by atoms with Gasteiger partial charge in [-0.2, -0.15) is 0 Å². The Balaban J connectivity index is 0.00000385. The third-order valence-corrected chi connectivity index (χ3v) is 6.11. The molecule has 3 aromatic carbocycles. The van der Waals surface area contributed by atoms with E-state index in [9.17, 15) is 23.3 Å². The predicted octanol–water partition coefficient (Wildman–Crippen LogP) is 4.58. The molecule has 0 unspecified atom stereocenters. The fourth-order valence-corrected chi connectivity index (χ4v) is 4.12. The van der Waals surface area contributed by atoms with Gasteiger partial charge in [0, 0.05) is 14.9 Å². The number of benzene rings is 3. The molecule has 0 bridgehead atoms. The molecule has 0 fully saturated rings. The predicted molar refractivity (Wildman–Crippen MR) is 126 cm³/mol. The van der Waals surface area contributed by atoms with Crippen molar-refractivity contribution in [1.29, 1.82) is 0 Å². The van der Waals surface area contributed by atoms with E-state index < -0.39 is 37.7 Å². The Morgan fingerprint density at radius 3 is 2.24 bits per heavy atom. The summed E-state index contributed by atoms with van der Waals surface area (Å²) in [5.74, 6) is -1.14. The number of nitro benzene ring substituents is 1. The van der Waals surface area contributed by atoms with E-state index in [0.29, 0.717) is 0 Å². The van der Waals surface area contributed by atoms with Crippen LogP contribution >= 0.6 is 34.2 Å². The number of halogens is 3. The van der Waals surface area contributed by atoms with Crippen LogP contribution in [0.4, 0.5) is 32.8 Å². The number of anilines is 4. The molecule has 0 saturated heterocycles. The number of rotatable bonds is 7. The van der Waals surface area contributed by atoms with Gasteiger partial charge in [-0.3, -0.25) is 10.1 Å². The SMILES string of the molecule is NS(=O)(=O)c1ccc(Nc2c([N+](=O)[O-])cc([C-]=O)c(Nc3ccc(I)cc3Cl)c2F)cc1.[W+2]. The van der Waals surface area contributed by atoms with Crippen molar-refractivity contribution in [3.8, 4) is 0 Å². The molecule has 0 aliphatic heterocycles. The monoisotopic (exact) mass is 773 g/mol. The number of carbonyl (C=O) groups excluding carboxylic acids is 1. The molecule has 33 heavy (non-hydrogen) atoms. The molecule has 0 aromatic heterocycles. The van der Waals surface area contributed by atoms with E-state index in [1.807, 2.05) is 22.6 Å². The van der Waals surface area contributed by atoms with Crippen molar-refractivity contribution in [3.05, 3.63) is 78.6 Å². The third kappa shape index (κ3) is 6.27. The average Bonchev–Trinajstić information content (AvgIpc) is 2.72. The van der Waals surface area contributed by atoms with Crippen molar-refractivity contribution in [2.24, 2.45) is 5.14 Å². The first-order valence-corrected chi connectivity index (χ1v) is 11.5. The molecule has 4 N–H and O–H groups in total. The van der Waals surface area contributed by atoms with Crippen LogP contribution in [0, 0.1) is 19.5 Å². The largest absolute Gasteiger partial charge is 2.00 e. The Labute approximate surface area is 220 Å². The Bertz CT molecular complexity index is 1340. The minimum absolute atomic E-state index is 0. The molecule has 0 aliphatic carbocycles. The maximum atomic E-state index is 15.4. The first-order chi connectivity index (χ1) is 15.0. The topological polar surface area (TPSA) is 144 Å². The van der Waals surface area contributed by atoms with E-state index >= 15 is 4.39 Å². The zero-order valence-corrected chi connectivity index (χ0v) is 22.8. The fraction of sp³-hybridized carbons (Fsp3) is 0. The second kappa shape index (κ2) is 10.9. The van der Waals surface area contributed by atoms with Crippen LogP contribution in [0.3, 0.4) is 0 Å². The molecule has 0 aliphatic rings. The standard InChI is InChI=1S/C19H12ClFIN4O5S.W/c20-14-8-11(22)1-6-15(14)25-18-10(9-27)7-16(26(28)29)19(17(18)21)24-12-2-4-13(5-3-12)32(23,30)31;/h1-8,24-25H,(H2,23,30,31);/q-1;+2. The molecule has 0 radical (unpaired) electrons. The number of nitrogens with zero attached hydrogens (tertiary/aromatic N) is 1. The molecule has 3 aromatic rings. The van der Waals surface area contributed by atoms with Crippen molar-refractivity contribution in [2.75, 3.05) is 10.6 Å². The quantitative estimate of drug-likeness (QED) is 0.138. The van der Waals surface area contributed by atoms with Gasteiger partial charge in [0.05, 0.1) is 21.1 Å². The zero-order valence-electron chi connectivity index (χ0n) is 16.1. The molecule has 0 heterocycles. The summed E-state index contributed by atoms with van der Waals surface area (Å²) < 4.78 is 39.0. The summed E-state index contributed by atoms with van der Waals surface area (Å²) in [4.78, 5) is 21.9. The molecule has 9 nitrogen and oxygen atoms in total. The summed E-state index contributed by atoms with van der Waals surface area (Å²) >= 11 is 8.19. The van der Waals surface area contributed by atoms with Gasteiger partial charge in [0.2, 0.25) is 15.7 Å². The Morgan fingerprint density at radius 1 is 1.09 bits per heavy atom. The van der Waals surface area contributed by atoms with Crippen LogP contribution < -0.4 is 15.8 Å². The average molecular weight is 774 g/mol. The fourth-order valence-electron chi connectivity index (χ4n) is 2.70. The maximum absolute atomic E-state index is 15.4. The van der Waals surface area contributed by atoms with E-state index in [-0.39, 0.29) is 48.0 Å². The minimum Gasteiger partial charge on any atom is -0.404 e. The zero-order chi connectivity index (χ0) is 23.6. The number of nitro groups is 1. The van der Waals surface area contributed by atoms with E-state index in [4.69, 9.17) is 16.7 Å². The normalized spacial score (nSPS) is 10.8. The minimum atomic E-state index is -3.96. The number of nitrogens with one attached hydrogen (secondary N) is 2. The molecular formula is C19H12ClFIN4O5SW+. The molecule has 0 amide bonds. The summed E-state index contributed by atoms with van der Waals surface area (Å²) in [6, 6.07) is 10.5. The van der Waals surface area contributed by atoms with Crippen LogP contribution in [-0.2, 0) is 35.9 Å². The molecule has 0 saturated carbocycles. The van der Waals surface area contributed by atoms with Crippen molar-refractivity contribution in [2.45, 2.75) is 4.90 Å². The Morgan fingerprint density at radius 2 is 1.73 bits per heavy atom. The van der Waals surface area contributed by atoms with Gasteiger partial charge in [-0.25, -0.2) is 17.9 Å². The van der Waals surface area contributed by atoms with Crippen molar-refractivity contribution < 1.29 is 43.6 Å². The molecule has 0 atom stereocenters. The molecule has 0 spiro atoms. The number of hydrogen-bond donors (Lipinski definition) is 3. The number of hydrogen-bond acceptors (Lipinski definition) is 7. The first-order valence-electron chi connectivity index (χ1n) is 8.52. The van der Waals surface area contributed by atoms with Gasteiger partial charge in [-0.15, -0.1) is 5.56 Å². The molecule has 3 rings (SSSR count). The van der Waals surface area contributed by atoms with E-state index in [2.05, 4.69) is 10.6 Å². The molecular weight excluding hydrogens is 761 g/mol. The van der Waals surface area contributed by atoms with E-state index in [1.54, 1.807) is 18.2 Å². The second-order valence-corrected chi connectivity index (χ2v) is 9.52. The van der Waals surface area contributed by atoms with Crippen molar-refractivity contribution in [1.82, 2.24) is 0 Å². The summed E-state index contributed by atoms with van der Waals surface area (Å²) in [6.07, 6.45) is 1.49. The summed E-state index contributed by atoms with van der Waals surface area (Å²) in [5, 5.41) is 22.0. The van der Waals surface area contributed by atoms with Gasteiger partial charge in [0.15, 0.2) is 0 Å². The van der Waals surface area contributed by atoms with Crippen molar-refractivity contribution >= 4 is 78.9 Å². The smallest absolute Gasteiger partial charge is 0.404 e. The number of sulfonamides is 1. The van der Waals surface area contributed by atoms with Gasteiger partial charge >= 0.3 is 21.1 Å². The van der Waals surface area contributed by atoms with Crippen LogP contribution in [0.25, 0.3) is 0 Å². The van der Waals surface area contributed by atoms with Crippen LogP contribution in [0.5, 0.6) is 0 Å². The van der Waals surface area contributed by atoms with Gasteiger partial charge in [-0.1, -0.05) is 17.7 Å². The Hall–Kier alpha value is -2.12. The van der Waals surface area contributed by atoms with E-state index in [1.165, 1.54) is 18.4 Å². The van der Waals surface area contributed by atoms with Gasteiger partial charge in [0.1, 0.15) is 11.5 Å². The third-order valence-electron chi connectivity index (χ3n) is 4.20. The van der Waals surface area contributed by atoms with Gasteiger partial charge < -0.3 is 15.4 Å².